The van der Waals surface area contributed by atoms with Gasteiger partial charge in [0.25, 0.3) is 0 Å². The van der Waals surface area contributed by atoms with Gasteiger partial charge in [-0.1, -0.05) is 33.6 Å². The number of rotatable bonds is 5. The average molecular weight is 241 g/mol. The molecule has 2 N–H and O–H groups in total. The molecule has 0 aliphatic heterocycles. The van der Waals surface area contributed by atoms with Crippen molar-refractivity contribution in [1.82, 2.24) is 0 Å². The third-order valence-electron chi connectivity index (χ3n) is 3.59. The van der Waals surface area contributed by atoms with E-state index in [9.17, 15) is 4.79 Å². The lowest BCUT2D eigenvalue weighted by Gasteiger charge is -2.31. The van der Waals surface area contributed by atoms with Gasteiger partial charge in [-0.25, -0.2) is 0 Å². The molecule has 0 aromatic carbocycles. The van der Waals surface area contributed by atoms with Gasteiger partial charge >= 0.3 is 5.97 Å². The first-order chi connectivity index (χ1) is 8.02. The van der Waals surface area contributed by atoms with Crippen LogP contribution >= 0.6 is 0 Å². The molecule has 0 heterocycles. The Morgan fingerprint density at radius 3 is 2.41 bits per heavy atom. The smallest absolute Gasteiger partial charge is 0.323 e. The van der Waals surface area contributed by atoms with Crippen molar-refractivity contribution in [2.24, 2.45) is 17.6 Å². The van der Waals surface area contributed by atoms with Gasteiger partial charge in [0.2, 0.25) is 0 Å². The molecule has 1 aliphatic carbocycles. The minimum absolute atomic E-state index is 0.0916. The third-order valence-corrected chi connectivity index (χ3v) is 3.59. The van der Waals surface area contributed by atoms with E-state index in [0.717, 1.165) is 32.1 Å². The highest BCUT2D eigenvalue weighted by molar-refractivity contribution is 5.75. The zero-order chi connectivity index (χ0) is 12.8. The van der Waals surface area contributed by atoms with E-state index in [1.165, 1.54) is 6.42 Å². The number of unbranched alkanes of at least 4 members (excludes halogenated alkanes) is 1. The van der Waals surface area contributed by atoms with Crippen molar-refractivity contribution in [1.29, 1.82) is 0 Å². The molecule has 0 amide bonds. The van der Waals surface area contributed by atoms with Crippen LogP contribution in [0.4, 0.5) is 0 Å². The molecule has 0 saturated heterocycles. The highest BCUT2D eigenvalue weighted by Gasteiger charge is 2.28. The fourth-order valence-electron chi connectivity index (χ4n) is 2.76. The summed E-state index contributed by atoms with van der Waals surface area (Å²) in [6, 6.07) is -0.428. The summed E-state index contributed by atoms with van der Waals surface area (Å²) >= 11 is 0. The molecule has 3 atom stereocenters. The lowest BCUT2D eigenvalue weighted by molar-refractivity contribution is -0.153. The fourth-order valence-corrected chi connectivity index (χ4v) is 2.76. The van der Waals surface area contributed by atoms with Crippen molar-refractivity contribution >= 4 is 5.97 Å². The standard InChI is InChI=1S/C14H27NO2/c1-4-5-6-13(15)14(16)17-12-8-10(2)7-11(3)9-12/h10-13H,4-9,15H2,1-3H3/t10?,11?,12?,13-/m0/s1. The monoisotopic (exact) mass is 241 g/mol. The predicted octanol–water partition coefficient (Wildman–Crippen LogP) is 2.87. The first kappa shape index (κ1) is 14.5. The fraction of sp³-hybridized carbons (Fsp3) is 0.929. The van der Waals surface area contributed by atoms with E-state index in [1.807, 2.05) is 0 Å². The van der Waals surface area contributed by atoms with E-state index in [4.69, 9.17) is 10.5 Å². The molecule has 100 valence electrons. The summed E-state index contributed by atoms with van der Waals surface area (Å²) in [6.07, 6.45) is 6.14. The van der Waals surface area contributed by atoms with E-state index in [-0.39, 0.29) is 12.1 Å². The van der Waals surface area contributed by atoms with Crippen LogP contribution in [0, 0.1) is 11.8 Å². The van der Waals surface area contributed by atoms with E-state index in [2.05, 4.69) is 20.8 Å². The minimum Gasteiger partial charge on any atom is -0.461 e. The first-order valence-electron chi connectivity index (χ1n) is 6.99. The normalized spacial score (nSPS) is 30.9. The van der Waals surface area contributed by atoms with Gasteiger partial charge in [0.1, 0.15) is 12.1 Å². The molecular weight excluding hydrogens is 214 g/mol. The Bertz CT molecular complexity index is 232. The van der Waals surface area contributed by atoms with Crippen LogP contribution in [0.2, 0.25) is 0 Å². The predicted molar refractivity (Wildman–Crippen MR) is 69.6 cm³/mol. The van der Waals surface area contributed by atoms with Gasteiger partial charge in [-0.15, -0.1) is 0 Å². The summed E-state index contributed by atoms with van der Waals surface area (Å²) in [6.45, 7) is 6.56. The summed E-state index contributed by atoms with van der Waals surface area (Å²) < 4.78 is 5.53. The zero-order valence-corrected chi connectivity index (χ0v) is 11.4. The molecule has 0 spiro atoms. The highest BCUT2D eigenvalue weighted by atomic mass is 16.5. The number of carbonyl (C=O) groups excluding carboxylic acids is 1. The molecule has 1 saturated carbocycles. The molecule has 1 fully saturated rings. The van der Waals surface area contributed by atoms with Gasteiger partial charge in [0.15, 0.2) is 0 Å². The van der Waals surface area contributed by atoms with Gasteiger partial charge in [-0.3, -0.25) is 4.79 Å². The van der Waals surface area contributed by atoms with Crippen LogP contribution < -0.4 is 5.73 Å². The maximum Gasteiger partial charge on any atom is 0.323 e. The first-order valence-corrected chi connectivity index (χ1v) is 6.99. The van der Waals surface area contributed by atoms with Crippen LogP contribution in [0.25, 0.3) is 0 Å². The van der Waals surface area contributed by atoms with Gasteiger partial charge in [0, 0.05) is 0 Å². The number of hydrogen-bond acceptors (Lipinski definition) is 3. The Kier molecular flexibility index (Phi) is 5.96. The van der Waals surface area contributed by atoms with Crippen molar-refractivity contribution in [2.75, 3.05) is 0 Å². The molecule has 1 aliphatic rings. The minimum atomic E-state index is -0.428. The molecule has 0 aromatic rings. The number of carbonyl (C=O) groups is 1. The maximum absolute atomic E-state index is 11.8. The second-order valence-electron chi connectivity index (χ2n) is 5.73. The van der Waals surface area contributed by atoms with Crippen LogP contribution in [0.15, 0.2) is 0 Å². The average Bonchev–Trinajstić information content (AvgIpc) is 2.24. The molecule has 0 bridgehead atoms. The van der Waals surface area contributed by atoms with Crippen LogP contribution in [0.5, 0.6) is 0 Å². The summed E-state index contributed by atoms with van der Waals surface area (Å²) in [5.74, 6) is 1.11. The van der Waals surface area contributed by atoms with E-state index >= 15 is 0 Å². The van der Waals surface area contributed by atoms with Crippen molar-refractivity contribution < 1.29 is 9.53 Å². The van der Waals surface area contributed by atoms with Gasteiger partial charge in [-0.05, 0) is 37.5 Å². The Morgan fingerprint density at radius 1 is 1.29 bits per heavy atom. The van der Waals surface area contributed by atoms with Crippen molar-refractivity contribution in [3.63, 3.8) is 0 Å². The summed E-state index contributed by atoms with van der Waals surface area (Å²) in [7, 11) is 0. The molecular formula is C14H27NO2. The van der Waals surface area contributed by atoms with Gasteiger partial charge < -0.3 is 10.5 Å². The highest BCUT2D eigenvalue weighted by Crippen LogP contribution is 2.30. The number of esters is 1. The quantitative estimate of drug-likeness (QED) is 0.753. The topological polar surface area (TPSA) is 52.3 Å². The molecule has 0 aromatic heterocycles. The lowest BCUT2D eigenvalue weighted by Crippen LogP contribution is -2.37. The molecule has 3 nitrogen and oxygen atoms in total. The number of hydrogen-bond donors (Lipinski definition) is 1. The molecule has 1 rings (SSSR count). The van der Waals surface area contributed by atoms with Crippen molar-refractivity contribution in [2.45, 2.75) is 71.4 Å². The Hall–Kier alpha value is -0.570. The molecule has 2 unspecified atom stereocenters. The van der Waals surface area contributed by atoms with E-state index in [1.54, 1.807) is 0 Å². The molecule has 17 heavy (non-hydrogen) atoms. The van der Waals surface area contributed by atoms with Crippen LogP contribution in [-0.2, 0) is 9.53 Å². The largest absolute Gasteiger partial charge is 0.461 e. The third kappa shape index (κ3) is 5.07. The van der Waals surface area contributed by atoms with E-state index in [0.29, 0.717) is 11.8 Å². The number of nitrogens with two attached hydrogens (primary N) is 1. The lowest BCUT2D eigenvalue weighted by atomic mass is 9.82. The second kappa shape index (κ2) is 7.00. The van der Waals surface area contributed by atoms with Crippen molar-refractivity contribution in [3.8, 4) is 0 Å². The Labute approximate surface area is 105 Å². The van der Waals surface area contributed by atoms with Gasteiger partial charge in [0.05, 0.1) is 0 Å². The summed E-state index contributed by atoms with van der Waals surface area (Å²) in [5, 5.41) is 0. The van der Waals surface area contributed by atoms with Crippen LogP contribution in [0.3, 0.4) is 0 Å². The van der Waals surface area contributed by atoms with E-state index < -0.39 is 6.04 Å². The Balaban J connectivity index is 2.34. The number of ether oxygens (including phenoxy) is 1. The van der Waals surface area contributed by atoms with Crippen molar-refractivity contribution in [3.05, 3.63) is 0 Å². The Morgan fingerprint density at radius 2 is 1.88 bits per heavy atom. The van der Waals surface area contributed by atoms with Gasteiger partial charge in [-0.2, -0.15) is 0 Å². The summed E-state index contributed by atoms with van der Waals surface area (Å²) in [4.78, 5) is 11.8. The second-order valence-corrected chi connectivity index (χ2v) is 5.73. The van der Waals surface area contributed by atoms with Crippen LogP contribution in [0.1, 0.15) is 59.3 Å². The summed E-state index contributed by atoms with van der Waals surface area (Å²) in [5.41, 5.74) is 5.82. The SMILES string of the molecule is CCCC[C@H](N)C(=O)OC1CC(C)CC(C)C1. The van der Waals surface area contributed by atoms with Crippen LogP contribution in [-0.4, -0.2) is 18.1 Å². The molecule has 0 radical (unpaired) electrons. The maximum atomic E-state index is 11.8. The zero-order valence-electron chi connectivity index (χ0n) is 11.4. The molecule has 3 heteroatoms.